The van der Waals surface area contributed by atoms with Gasteiger partial charge in [0.05, 0.1) is 6.04 Å². The topological polar surface area (TPSA) is 201 Å². The quantitative estimate of drug-likeness (QED) is 0.0573. The average Bonchev–Trinajstić information content (AvgIpc) is 3.92. The lowest BCUT2D eigenvalue weighted by molar-refractivity contribution is -0.132. The first kappa shape index (κ1) is 38.1. The Morgan fingerprint density at radius 3 is 1.89 bits per heavy atom. The first-order valence-electron chi connectivity index (χ1n) is 18.7. The lowest BCUT2D eigenvalue weighted by atomic mass is 10.0. The molecule has 290 valence electrons. The number of imide groups is 1. The molecule has 0 radical (unpaired) electrons. The van der Waals surface area contributed by atoms with Gasteiger partial charge in [-0.25, -0.2) is 9.80 Å². The normalized spacial score (nSPS) is 14.4. The summed E-state index contributed by atoms with van der Waals surface area (Å²) in [6.45, 7) is -0.251. The number of urea groups is 1. The molecule has 6 amide bonds. The number of nitrogens with zero attached hydrogens (tertiary/aromatic N) is 2. The molecule has 14 heteroatoms. The third-order valence-corrected chi connectivity index (χ3v) is 9.85. The number of nitrogens with one attached hydrogen (secondary N) is 6. The van der Waals surface area contributed by atoms with Crippen LogP contribution in [0, 0.1) is 0 Å². The second-order valence-electron chi connectivity index (χ2n) is 14.0. The first-order chi connectivity index (χ1) is 27.7. The molecule has 14 nitrogen and oxygen atoms in total. The maximum Gasteiger partial charge on any atom is 0.344 e. The molecule has 1 aliphatic heterocycles. The molecule has 0 bridgehead atoms. The Morgan fingerprint density at radius 2 is 1.28 bits per heavy atom. The van der Waals surface area contributed by atoms with Crippen molar-refractivity contribution in [2.24, 2.45) is 5.10 Å². The summed E-state index contributed by atoms with van der Waals surface area (Å²) in [5, 5.41) is 27.7. The fourth-order valence-electron chi connectivity index (χ4n) is 6.90. The van der Waals surface area contributed by atoms with Crippen LogP contribution in [0.25, 0.3) is 21.8 Å². The maximum atomic E-state index is 14.4. The summed E-state index contributed by atoms with van der Waals surface area (Å²) in [6, 6.07) is 27.7. The van der Waals surface area contributed by atoms with Crippen molar-refractivity contribution in [1.82, 2.24) is 36.2 Å². The summed E-state index contributed by atoms with van der Waals surface area (Å²) >= 11 is 0. The molecule has 57 heavy (non-hydrogen) atoms. The van der Waals surface area contributed by atoms with Crippen LogP contribution < -0.4 is 21.3 Å². The van der Waals surface area contributed by atoms with Gasteiger partial charge in [-0.05, 0) is 59.4 Å². The number of hydrogen-bond acceptors (Lipinski definition) is 7. The number of aromatic nitrogens is 2. The second kappa shape index (κ2) is 17.5. The number of H-pyrrole nitrogens is 2. The minimum absolute atomic E-state index is 0.0861. The number of carbonyl (C=O) groups excluding carboxylic acids is 5. The van der Waals surface area contributed by atoms with Crippen molar-refractivity contribution < 1.29 is 29.1 Å². The number of rotatable bonds is 16. The van der Waals surface area contributed by atoms with E-state index in [1.54, 1.807) is 30.5 Å². The number of hydrogen-bond donors (Lipinski definition) is 7. The zero-order valence-corrected chi connectivity index (χ0v) is 30.9. The van der Waals surface area contributed by atoms with Crippen LogP contribution in [0.1, 0.15) is 28.7 Å². The van der Waals surface area contributed by atoms with Gasteiger partial charge in [-0.3, -0.25) is 24.5 Å². The molecule has 1 saturated heterocycles. The van der Waals surface area contributed by atoms with Gasteiger partial charge in [0.1, 0.15) is 24.4 Å². The van der Waals surface area contributed by atoms with E-state index in [1.165, 1.54) is 6.21 Å². The van der Waals surface area contributed by atoms with E-state index in [2.05, 4.69) is 36.3 Å². The van der Waals surface area contributed by atoms with Crippen LogP contribution in [0.2, 0.25) is 0 Å². The summed E-state index contributed by atoms with van der Waals surface area (Å²) in [4.78, 5) is 72.8. The predicted octanol–water partition coefficient (Wildman–Crippen LogP) is 4.01. The molecule has 6 aromatic rings. The molecule has 3 atom stereocenters. The van der Waals surface area contributed by atoms with Crippen LogP contribution in [0.4, 0.5) is 4.79 Å². The Bertz CT molecular complexity index is 2420. The van der Waals surface area contributed by atoms with E-state index >= 15 is 0 Å². The first-order valence-corrected chi connectivity index (χ1v) is 18.7. The summed E-state index contributed by atoms with van der Waals surface area (Å²) in [7, 11) is 0. The van der Waals surface area contributed by atoms with Crippen LogP contribution in [0.3, 0.4) is 0 Å². The van der Waals surface area contributed by atoms with Crippen molar-refractivity contribution in [1.29, 1.82) is 0 Å². The molecule has 4 aromatic carbocycles. The van der Waals surface area contributed by atoms with Gasteiger partial charge in [-0.15, -0.1) is 0 Å². The van der Waals surface area contributed by atoms with Crippen molar-refractivity contribution in [3.05, 3.63) is 138 Å². The summed E-state index contributed by atoms with van der Waals surface area (Å²) < 4.78 is 0. The van der Waals surface area contributed by atoms with Crippen molar-refractivity contribution in [3.8, 4) is 5.75 Å². The summed E-state index contributed by atoms with van der Waals surface area (Å²) in [5.74, 6) is -1.80. The number of phenols is 1. The van der Waals surface area contributed by atoms with Crippen molar-refractivity contribution >= 4 is 57.7 Å². The Morgan fingerprint density at radius 1 is 0.702 bits per heavy atom. The third-order valence-electron chi connectivity index (χ3n) is 9.85. The maximum absolute atomic E-state index is 14.4. The lowest BCUT2D eigenvalue weighted by Crippen LogP contribution is -2.56. The molecular weight excluding hydrogens is 725 g/mol. The second-order valence-corrected chi connectivity index (χ2v) is 14.0. The van der Waals surface area contributed by atoms with Gasteiger partial charge in [0, 0.05) is 59.7 Å². The Balaban J connectivity index is 1.16. The number of aryl methyl sites for hydroxylation is 1. The van der Waals surface area contributed by atoms with Gasteiger partial charge in [-0.1, -0.05) is 78.9 Å². The van der Waals surface area contributed by atoms with Crippen molar-refractivity contribution in [2.75, 3.05) is 6.54 Å². The lowest BCUT2D eigenvalue weighted by Gasteiger charge is -2.25. The molecule has 3 heterocycles. The Hall–Kier alpha value is -7.22. The summed E-state index contributed by atoms with van der Waals surface area (Å²) in [5.41, 5.74) is 5.07. The molecule has 0 unspecified atom stereocenters. The number of phenolic OH excluding ortho intramolecular Hbond substituents is 1. The molecule has 7 N–H and O–H groups in total. The van der Waals surface area contributed by atoms with Crippen LogP contribution >= 0.6 is 0 Å². The minimum Gasteiger partial charge on any atom is -0.508 e. The highest BCUT2D eigenvalue weighted by Gasteiger charge is 2.31. The standard InChI is InChI=1S/C43H42N8O6/c52-32-17-14-27(15-18-32)16-19-39(53)48-37(21-29-23-44-35-12-6-4-10-33(29)35)42(56)49-38(22-30-24-45-36-13-7-5-11-34(30)36)41(55)47-31(20-28-8-2-1-3-9-28)25-46-51-26-40(54)50-43(51)57/h1-15,17-18,23-25,31,37-38,44-45,52H,16,19-22,26H2,(H,47,55)(H,48,53)(H,49,56)(H,50,54,57)/b46-25+/t31-,37-,38-/m0/s1. The van der Waals surface area contributed by atoms with Crippen LogP contribution in [0.5, 0.6) is 5.75 Å². The Labute approximate surface area is 327 Å². The van der Waals surface area contributed by atoms with Gasteiger partial charge >= 0.3 is 6.03 Å². The van der Waals surface area contributed by atoms with Crippen molar-refractivity contribution in [3.63, 3.8) is 0 Å². The van der Waals surface area contributed by atoms with Crippen LogP contribution in [-0.2, 0) is 44.9 Å². The van der Waals surface area contributed by atoms with Gasteiger partial charge in [0.25, 0.3) is 0 Å². The molecule has 1 aliphatic rings. The zero-order chi connectivity index (χ0) is 39.7. The van der Waals surface area contributed by atoms with Crippen LogP contribution in [-0.4, -0.2) is 80.6 Å². The number of hydrazone groups is 1. The molecule has 1 fully saturated rings. The Kier molecular flexibility index (Phi) is 11.7. The molecule has 0 aliphatic carbocycles. The van der Waals surface area contributed by atoms with Gasteiger partial charge in [-0.2, -0.15) is 5.10 Å². The van der Waals surface area contributed by atoms with Crippen LogP contribution in [0.15, 0.2) is 121 Å². The number of amides is 6. The highest BCUT2D eigenvalue weighted by Crippen LogP contribution is 2.22. The van der Waals surface area contributed by atoms with E-state index in [9.17, 15) is 29.1 Å². The fraction of sp³-hybridized carbons (Fsp3) is 0.209. The van der Waals surface area contributed by atoms with E-state index in [1.807, 2.05) is 85.1 Å². The largest absolute Gasteiger partial charge is 0.508 e. The van der Waals surface area contributed by atoms with E-state index in [4.69, 9.17) is 0 Å². The minimum atomic E-state index is -1.11. The monoisotopic (exact) mass is 766 g/mol. The number of benzene rings is 4. The highest BCUT2D eigenvalue weighted by atomic mass is 16.3. The molecule has 0 saturated carbocycles. The van der Waals surface area contributed by atoms with Gasteiger partial charge in [0.15, 0.2) is 0 Å². The van der Waals surface area contributed by atoms with E-state index < -0.39 is 41.9 Å². The number of aromatic hydroxyl groups is 1. The molecule has 2 aromatic heterocycles. The van der Waals surface area contributed by atoms with Gasteiger partial charge in [0.2, 0.25) is 23.6 Å². The highest BCUT2D eigenvalue weighted by molar-refractivity contribution is 6.02. The smallest absolute Gasteiger partial charge is 0.344 e. The fourth-order valence-corrected chi connectivity index (χ4v) is 6.90. The molecular formula is C43H42N8O6. The third kappa shape index (κ3) is 9.72. The van der Waals surface area contributed by atoms with E-state index in [0.29, 0.717) is 12.8 Å². The van der Waals surface area contributed by atoms with E-state index in [0.717, 1.165) is 49.1 Å². The number of fused-ring (bicyclic) bond motifs is 2. The van der Waals surface area contributed by atoms with E-state index in [-0.39, 0.29) is 37.5 Å². The number of para-hydroxylation sites is 2. The van der Waals surface area contributed by atoms with Gasteiger partial charge < -0.3 is 31.0 Å². The molecule has 7 rings (SSSR count). The number of aromatic amines is 2. The van der Waals surface area contributed by atoms with Crippen molar-refractivity contribution in [2.45, 2.75) is 50.2 Å². The predicted molar refractivity (Wildman–Crippen MR) is 215 cm³/mol. The zero-order valence-electron chi connectivity index (χ0n) is 30.9. The molecule has 0 spiro atoms. The number of carbonyl (C=O) groups is 5. The SMILES string of the molecule is O=C1CN(/N=C/[C@H](Cc2ccccc2)NC(=O)[C@H](Cc2c[nH]c3ccccc23)NC(=O)[C@H](Cc2c[nH]c3ccccc23)NC(=O)CCc2ccc(O)cc2)C(=O)N1. The summed E-state index contributed by atoms with van der Waals surface area (Å²) in [6.07, 6.45) is 6.04. The average molecular weight is 767 g/mol.